The van der Waals surface area contributed by atoms with Crippen LogP contribution in [0, 0.1) is 5.92 Å². The van der Waals surface area contributed by atoms with Gasteiger partial charge in [-0.2, -0.15) is 0 Å². The fraction of sp³-hybridized carbons (Fsp3) is 0.368. The van der Waals surface area contributed by atoms with E-state index in [-0.39, 0.29) is 0 Å². The molecule has 0 aliphatic heterocycles. The molecule has 2 aromatic rings. The van der Waals surface area contributed by atoms with E-state index in [0.29, 0.717) is 12.0 Å². The van der Waals surface area contributed by atoms with Gasteiger partial charge < -0.3 is 5.32 Å². The van der Waals surface area contributed by atoms with E-state index in [0.717, 1.165) is 5.92 Å². The minimum Gasteiger partial charge on any atom is -0.378 e. The van der Waals surface area contributed by atoms with Crippen LogP contribution < -0.4 is 5.32 Å². The van der Waals surface area contributed by atoms with Gasteiger partial charge in [-0.15, -0.1) is 0 Å². The van der Waals surface area contributed by atoms with Gasteiger partial charge in [0.1, 0.15) is 0 Å². The molecule has 3 rings (SSSR count). The predicted molar refractivity (Wildman–Crippen MR) is 86.1 cm³/mol. The molecule has 1 fully saturated rings. The van der Waals surface area contributed by atoms with Crippen LogP contribution in [0.15, 0.2) is 54.6 Å². The molecule has 1 unspecified atom stereocenters. The average molecular weight is 265 g/mol. The topological polar surface area (TPSA) is 12.0 Å². The molecule has 0 saturated heterocycles. The first kappa shape index (κ1) is 13.2. The van der Waals surface area contributed by atoms with E-state index in [1.54, 1.807) is 0 Å². The van der Waals surface area contributed by atoms with Gasteiger partial charge in [0.2, 0.25) is 0 Å². The van der Waals surface area contributed by atoms with E-state index in [1.807, 2.05) is 0 Å². The first-order valence-corrected chi connectivity index (χ1v) is 7.65. The Hall–Kier alpha value is -1.76. The van der Waals surface area contributed by atoms with Crippen LogP contribution in [0.25, 0.3) is 0 Å². The Morgan fingerprint density at radius 2 is 1.50 bits per heavy atom. The maximum absolute atomic E-state index is 3.72. The van der Waals surface area contributed by atoms with Crippen LogP contribution in [0.4, 0.5) is 5.69 Å². The van der Waals surface area contributed by atoms with Crippen LogP contribution in [0.5, 0.6) is 0 Å². The van der Waals surface area contributed by atoms with E-state index in [9.17, 15) is 0 Å². The molecule has 1 aliphatic carbocycles. The molecule has 2 aromatic carbocycles. The summed E-state index contributed by atoms with van der Waals surface area (Å²) in [5.74, 6) is 1.39. The summed E-state index contributed by atoms with van der Waals surface area (Å²) in [7, 11) is 0. The highest BCUT2D eigenvalue weighted by Gasteiger charge is 2.32. The lowest BCUT2D eigenvalue weighted by Crippen LogP contribution is -2.12. The lowest BCUT2D eigenvalue weighted by Gasteiger charge is -2.20. The zero-order valence-corrected chi connectivity index (χ0v) is 12.3. The second-order valence-corrected chi connectivity index (χ2v) is 6.15. The molecule has 1 N–H and O–H groups in total. The number of nitrogens with one attached hydrogen (secondary N) is 1. The van der Waals surface area contributed by atoms with Crippen molar-refractivity contribution < 1.29 is 0 Å². The molecular weight excluding hydrogens is 242 g/mol. The van der Waals surface area contributed by atoms with Gasteiger partial charge in [0, 0.05) is 5.69 Å². The van der Waals surface area contributed by atoms with Crippen molar-refractivity contribution in [3.63, 3.8) is 0 Å². The fourth-order valence-electron chi connectivity index (χ4n) is 2.71. The average Bonchev–Trinajstić information content (AvgIpc) is 3.31. The molecular formula is C19H23N. The highest BCUT2D eigenvalue weighted by atomic mass is 14.9. The minimum absolute atomic E-state index is 0.459. The molecule has 1 nitrogen and oxygen atoms in total. The van der Waals surface area contributed by atoms with Gasteiger partial charge in [-0.05, 0) is 47.9 Å². The molecule has 104 valence electrons. The fourth-order valence-corrected chi connectivity index (χ4v) is 2.71. The number of hydrogen-bond donors (Lipinski definition) is 1. The van der Waals surface area contributed by atoms with Crippen LogP contribution >= 0.6 is 0 Å². The van der Waals surface area contributed by atoms with Crippen molar-refractivity contribution in [3.05, 3.63) is 65.7 Å². The Labute approximate surface area is 122 Å². The summed E-state index contributed by atoms with van der Waals surface area (Å²) >= 11 is 0. The van der Waals surface area contributed by atoms with Crippen LogP contribution in [-0.4, -0.2) is 0 Å². The minimum atomic E-state index is 0.459. The lowest BCUT2D eigenvalue weighted by molar-refractivity contribution is 0.679. The van der Waals surface area contributed by atoms with E-state index in [4.69, 9.17) is 0 Å². The molecule has 0 aromatic heterocycles. The summed E-state index contributed by atoms with van der Waals surface area (Å²) < 4.78 is 0. The normalized spacial score (nSPS) is 16.1. The van der Waals surface area contributed by atoms with Gasteiger partial charge in [-0.25, -0.2) is 0 Å². The molecule has 1 aliphatic rings. The van der Waals surface area contributed by atoms with Gasteiger partial charge in [0.25, 0.3) is 0 Å². The lowest BCUT2D eigenvalue weighted by atomic mass is 10.0. The van der Waals surface area contributed by atoms with Crippen molar-refractivity contribution in [1.29, 1.82) is 0 Å². The Morgan fingerprint density at radius 1 is 0.850 bits per heavy atom. The van der Waals surface area contributed by atoms with E-state index in [2.05, 4.69) is 73.8 Å². The Morgan fingerprint density at radius 3 is 2.05 bits per heavy atom. The summed E-state index contributed by atoms with van der Waals surface area (Å²) in [5.41, 5.74) is 4.04. The largest absolute Gasteiger partial charge is 0.378 e. The Balaban J connectivity index is 1.77. The zero-order valence-electron chi connectivity index (χ0n) is 12.3. The smallest absolute Gasteiger partial charge is 0.0542 e. The third kappa shape index (κ3) is 3.04. The first-order chi connectivity index (χ1) is 9.74. The maximum atomic E-state index is 3.72. The second kappa shape index (κ2) is 5.70. The molecule has 1 heteroatoms. The van der Waals surface area contributed by atoms with Crippen LogP contribution in [0.2, 0.25) is 0 Å². The second-order valence-electron chi connectivity index (χ2n) is 6.15. The molecule has 0 spiro atoms. The monoisotopic (exact) mass is 265 g/mol. The van der Waals surface area contributed by atoms with Gasteiger partial charge in [-0.1, -0.05) is 56.3 Å². The van der Waals surface area contributed by atoms with Crippen molar-refractivity contribution >= 4 is 5.69 Å². The molecule has 1 saturated carbocycles. The number of rotatable bonds is 5. The number of anilines is 1. The molecule has 1 atom stereocenters. The third-order valence-corrected chi connectivity index (χ3v) is 4.15. The molecule has 0 heterocycles. The van der Waals surface area contributed by atoms with Crippen molar-refractivity contribution in [1.82, 2.24) is 0 Å². The highest BCUT2D eigenvalue weighted by molar-refractivity contribution is 5.47. The summed E-state index contributed by atoms with van der Waals surface area (Å²) in [6.45, 7) is 4.47. The summed E-state index contributed by atoms with van der Waals surface area (Å²) in [6.07, 6.45) is 2.69. The summed E-state index contributed by atoms with van der Waals surface area (Å²) in [4.78, 5) is 0. The van der Waals surface area contributed by atoms with E-state index in [1.165, 1.54) is 29.7 Å². The molecule has 0 amide bonds. The number of benzene rings is 2. The van der Waals surface area contributed by atoms with Crippen LogP contribution in [0.1, 0.15) is 49.8 Å². The molecule has 0 bridgehead atoms. The van der Waals surface area contributed by atoms with E-state index >= 15 is 0 Å². The van der Waals surface area contributed by atoms with Gasteiger partial charge in [0.05, 0.1) is 6.04 Å². The predicted octanol–water partition coefficient (Wildman–Crippen LogP) is 5.37. The van der Waals surface area contributed by atoms with Gasteiger partial charge >= 0.3 is 0 Å². The third-order valence-electron chi connectivity index (χ3n) is 4.15. The van der Waals surface area contributed by atoms with Gasteiger partial charge in [-0.3, -0.25) is 0 Å². The first-order valence-electron chi connectivity index (χ1n) is 7.65. The summed E-state index contributed by atoms with van der Waals surface area (Å²) in [6, 6.07) is 20.2. The number of hydrogen-bond acceptors (Lipinski definition) is 1. The molecule has 0 radical (unpaired) electrons. The van der Waals surface area contributed by atoms with Crippen LogP contribution in [0.3, 0.4) is 0 Å². The maximum Gasteiger partial charge on any atom is 0.0542 e. The Bertz CT molecular complexity index is 538. The Kier molecular flexibility index (Phi) is 3.77. The van der Waals surface area contributed by atoms with Crippen molar-refractivity contribution in [2.24, 2.45) is 5.92 Å². The van der Waals surface area contributed by atoms with Crippen LogP contribution in [-0.2, 0) is 0 Å². The zero-order chi connectivity index (χ0) is 13.9. The van der Waals surface area contributed by atoms with E-state index < -0.39 is 0 Å². The van der Waals surface area contributed by atoms with Crippen molar-refractivity contribution in [3.8, 4) is 0 Å². The quantitative estimate of drug-likeness (QED) is 0.766. The molecule has 20 heavy (non-hydrogen) atoms. The van der Waals surface area contributed by atoms with Crippen molar-refractivity contribution in [2.75, 3.05) is 5.32 Å². The standard InChI is InChI=1S/C19H23N/c1-14(2)15-10-12-18(13-11-15)20-19(17-8-9-17)16-6-4-3-5-7-16/h3-7,10-14,17,19-20H,8-9H2,1-2H3. The van der Waals surface area contributed by atoms with Crippen molar-refractivity contribution in [2.45, 2.75) is 38.6 Å². The SMILES string of the molecule is CC(C)c1ccc(NC(c2ccccc2)C2CC2)cc1. The summed E-state index contributed by atoms with van der Waals surface area (Å²) in [5, 5.41) is 3.72. The van der Waals surface area contributed by atoms with Gasteiger partial charge in [0.15, 0.2) is 0 Å². The highest BCUT2D eigenvalue weighted by Crippen LogP contribution is 2.42.